The molecule has 0 aromatic heterocycles. The van der Waals surface area contributed by atoms with Gasteiger partial charge in [-0.1, -0.05) is 39.0 Å². The van der Waals surface area contributed by atoms with E-state index in [0.717, 1.165) is 11.1 Å². The van der Waals surface area contributed by atoms with Gasteiger partial charge in [-0.2, -0.15) is 0 Å². The van der Waals surface area contributed by atoms with Crippen LogP contribution in [-0.4, -0.2) is 12.6 Å². The molecule has 1 aliphatic carbocycles. The molecule has 0 unspecified atom stereocenters. The summed E-state index contributed by atoms with van der Waals surface area (Å²) < 4.78 is 5.01. The maximum atomic E-state index is 10.7. The third-order valence-electron chi connectivity index (χ3n) is 3.26. The third-order valence-corrected chi connectivity index (χ3v) is 3.26. The van der Waals surface area contributed by atoms with Crippen molar-refractivity contribution in [1.82, 2.24) is 0 Å². The van der Waals surface area contributed by atoms with E-state index in [2.05, 4.69) is 27.4 Å². The van der Waals surface area contributed by atoms with E-state index in [9.17, 15) is 4.79 Å². The fourth-order valence-corrected chi connectivity index (χ4v) is 1.68. The van der Waals surface area contributed by atoms with Gasteiger partial charge in [-0.25, -0.2) is 0 Å². The van der Waals surface area contributed by atoms with Crippen molar-refractivity contribution in [2.45, 2.75) is 27.7 Å². The SMILES string of the molecule is C=C1C=C(COC(C)=O)C(C)(C)[C@@H]1C. The van der Waals surface area contributed by atoms with Crippen LogP contribution in [0.5, 0.6) is 0 Å². The van der Waals surface area contributed by atoms with Crippen LogP contribution in [0.15, 0.2) is 23.8 Å². The van der Waals surface area contributed by atoms with Crippen LogP contribution >= 0.6 is 0 Å². The van der Waals surface area contributed by atoms with Gasteiger partial charge in [-0.3, -0.25) is 4.79 Å². The van der Waals surface area contributed by atoms with E-state index < -0.39 is 0 Å². The summed E-state index contributed by atoms with van der Waals surface area (Å²) in [7, 11) is 0. The van der Waals surface area contributed by atoms with Crippen LogP contribution in [0.3, 0.4) is 0 Å². The van der Waals surface area contributed by atoms with Gasteiger partial charge in [0.1, 0.15) is 6.61 Å². The molecular weight excluding hydrogens is 176 g/mol. The second kappa shape index (κ2) is 3.60. The van der Waals surface area contributed by atoms with Crippen molar-refractivity contribution in [2.75, 3.05) is 6.61 Å². The molecule has 0 saturated carbocycles. The maximum Gasteiger partial charge on any atom is 0.302 e. The first-order valence-corrected chi connectivity index (χ1v) is 4.89. The first kappa shape index (κ1) is 11.0. The molecule has 14 heavy (non-hydrogen) atoms. The highest BCUT2D eigenvalue weighted by atomic mass is 16.5. The first-order chi connectivity index (χ1) is 6.35. The second-order valence-corrected chi connectivity index (χ2v) is 4.47. The van der Waals surface area contributed by atoms with Crippen molar-refractivity contribution < 1.29 is 9.53 Å². The van der Waals surface area contributed by atoms with E-state index in [4.69, 9.17) is 4.74 Å². The van der Waals surface area contributed by atoms with Gasteiger partial charge in [0, 0.05) is 6.92 Å². The molecule has 1 rings (SSSR count). The molecule has 0 aliphatic heterocycles. The van der Waals surface area contributed by atoms with E-state index >= 15 is 0 Å². The highest BCUT2D eigenvalue weighted by Gasteiger charge is 2.36. The molecule has 0 heterocycles. The van der Waals surface area contributed by atoms with Crippen molar-refractivity contribution >= 4 is 5.97 Å². The molecule has 2 heteroatoms. The summed E-state index contributed by atoms with van der Waals surface area (Å²) in [5.41, 5.74) is 2.34. The molecule has 2 nitrogen and oxygen atoms in total. The molecule has 0 saturated heterocycles. The van der Waals surface area contributed by atoms with E-state index in [1.165, 1.54) is 6.92 Å². The van der Waals surface area contributed by atoms with Crippen LogP contribution in [-0.2, 0) is 9.53 Å². The number of carbonyl (C=O) groups is 1. The average Bonchev–Trinajstić information content (AvgIpc) is 2.26. The van der Waals surface area contributed by atoms with Gasteiger partial charge in [-0.05, 0) is 16.9 Å². The highest BCUT2D eigenvalue weighted by Crippen LogP contribution is 2.45. The smallest absolute Gasteiger partial charge is 0.302 e. The summed E-state index contributed by atoms with van der Waals surface area (Å²) in [5.74, 6) is 0.194. The molecular formula is C12H18O2. The summed E-state index contributed by atoms with van der Waals surface area (Å²) in [4.78, 5) is 10.7. The third kappa shape index (κ3) is 1.89. The number of carbonyl (C=O) groups excluding carboxylic acids is 1. The van der Waals surface area contributed by atoms with Crippen molar-refractivity contribution in [3.63, 3.8) is 0 Å². The molecule has 0 spiro atoms. The molecule has 78 valence electrons. The van der Waals surface area contributed by atoms with Gasteiger partial charge < -0.3 is 4.74 Å². The molecule has 1 atom stereocenters. The van der Waals surface area contributed by atoms with E-state index in [0.29, 0.717) is 12.5 Å². The lowest BCUT2D eigenvalue weighted by atomic mass is 9.77. The van der Waals surface area contributed by atoms with Crippen LogP contribution in [0.1, 0.15) is 27.7 Å². The number of hydrogen-bond donors (Lipinski definition) is 0. The van der Waals surface area contributed by atoms with Crippen molar-refractivity contribution in [3.05, 3.63) is 23.8 Å². The van der Waals surface area contributed by atoms with Crippen LogP contribution < -0.4 is 0 Å². The Morgan fingerprint density at radius 1 is 1.64 bits per heavy atom. The summed E-state index contributed by atoms with van der Waals surface area (Å²) in [6.07, 6.45) is 2.05. The Balaban J connectivity index is 2.74. The molecule has 0 radical (unpaired) electrons. The predicted molar refractivity (Wildman–Crippen MR) is 56.8 cm³/mol. The fourth-order valence-electron chi connectivity index (χ4n) is 1.68. The maximum absolute atomic E-state index is 10.7. The van der Waals surface area contributed by atoms with Crippen molar-refractivity contribution in [2.24, 2.45) is 11.3 Å². The van der Waals surface area contributed by atoms with Crippen LogP contribution in [0, 0.1) is 11.3 Å². The molecule has 0 aromatic carbocycles. The van der Waals surface area contributed by atoms with Crippen molar-refractivity contribution in [1.29, 1.82) is 0 Å². The lowest BCUT2D eigenvalue weighted by molar-refractivity contribution is -0.140. The zero-order chi connectivity index (χ0) is 10.9. The Morgan fingerprint density at radius 2 is 2.21 bits per heavy atom. The van der Waals surface area contributed by atoms with E-state index in [1.54, 1.807) is 0 Å². The Hall–Kier alpha value is -1.05. The number of ether oxygens (including phenoxy) is 1. The number of esters is 1. The predicted octanol–water partition coefficient (Wildman–Crippen LogP) is 2.71. The molecule has 0 N–H and O–H groups in total. The number of hydrogen-bond acceptors (Lipinski definition) is 2. The number of allylic oxidation sites excluding steroid dienone is 2. The summed E-state index contributed by atoms with van der Waals surface area (Å²) in [5, 5.41) is 0. The lowest BCUT2D eigenvalue weighted by Gasteiger charge is -2.28. The molecule has 0 amide bonds. The fraction of sp³-hybridized carbons (Fsp3) is 0.583. The van der Waals surface area contributed by atoms with Crippen LogP contribution in [0.4, 0.5) is 0 Å². The molecule has 0 bridgehead atoms. The molecule has 0 aromatic rings. The largest absolute Gasteiger partial charge is 0.461 e. The Labute approximate surface area is 85.6 Å². The zero-order valence-corrected chi connectivity index (χ0v) is 9.39. The average molecular weight is 194 g/mol. The summed E-state index contributed by atoms with van der Waals surface area (Å²) in [6, 6.07) is 0. The monoisotopic (exact) mass is 194 g/mol. The quantitative estimate of drug-likeness (QED) is 0.632. The number of rotatable bonds is 2. The standard InChI is InChI=1S/C12H18O2/c1-8-6-11(7-14-10(3)13)12(4,5)9(8)2/h6,9H,1,7H2,2-5H3/t9-/m1/s1. The van der Waals surface area contributed by atoms with Gasteiger partial charge in [0.15, 0.2) is 0 Å². The van der Waals surface area contributed by atoms with Crippen molar-refractivity contribution in [3.8, 4) is 0 Å². The van der Waals surface area contributed by atoms with Crippen LogP contribution in [0.25, 0.3) is 0 Å². The van der Waals surface area contributed by atoms with E-state index in [-0.39, 0.29) is 11.4 Å². The Morgan fingerprint density at radius 3 is 2.57 bits per heavy atom. The molecule has 1 aliphatic rings. The zero-order valence-electron chi connectivity index (χ0n) is 9.39. The first-order valence-electron chi connectivity index (χ1n) is 4.89. The Bertz CT molecular complexity index is 297. The summed E-state index contributed by atoms with van der Waals surface area (Å²) in [6.45, 7) is 12.3. The van der Waals surface area contributed by atoms with Gasteiger partial charge in [0.05, 0.1) is 0 Å². The minimum absolute atomic E-state index is 0.0620. The Kier molecular flexibility index (Phi) is 2.84. The van der Waals surface area contributed by atoms with E-state index in [1.807, 2.05) is 6.08 Å². The van der Waals surface area contributed by atoms with Gasteiger partial charge in [0.25, 0.3) is 0 Å². The van der Waals surface area contributed by atoms with Crippen LogP contribution in [0.2, 0.25) is 0 Å². The topological polar surface area (TPSA) is 26.3 Å². The highest BCUT2D eigenvalue weighted by molar-refractivity contribution is 5.66. The lowest BCUT2D eigenvalue weighted by Crippen LogP contribution is -2.22. The van der Waals surface area contributed by atoms with Gasteiger partial charge in [0.2, 0.25) is 0 Å². The van der Waals surface area contributed by atoms with Gasteiger partial charge >= 0.3 is 5.97 Å². The minimum Gasteiger partial charge on any atom is -0.461 e. The second-order valence-electron chi connectivity index (χ2n) is 4.47. The normalized spacial score (nSPS) is 24.7. The molecule has 0 fully saturated rings. The van der Waals surface area contributed by atoms with Gasteiger partial charge in [-0.15, -0.1) is 0 Å². The minimum atomic E-state index is -0.230. The summed E-state index contributed by atoms with van der Waals surface area (Å²) >= 11 is 0.